The first-order valence-corrected chi connectivity index (χ1v) is 7.92. The van der Waals surface area contributed by atoms with Gasteiger partial charge < -0.3 is 0 Å². The smallest absolute Gasteiger partial charge is 0.0526 e. The molecule has 0 bridgehead atoms. The Bertz CT molecular complexity index is 250. The van der Waals surface area contributed by atoms with Crippen LogP contribution in [-0.2, 0) is 0 Å². The van der Waals surface area contributed by atoms with Gasteiger partial charge in [0.15, 0.2) is 0 Å². The zero-order valence-corrected chi connectivity index (χ0v) is 12.4. The van der Waals surface area contributed by atoms with E-state index in [4.69, 9.17) is 0 Å². The highest BCUT2D eigenvalue weighted by molar-refractivity contribution is 7.99. The fourth-order valence-corrected chi connectivity index (χ4v) is 3.84. The van der Waals surface area contributed by atoms with Crippen LogP contribution in [0.4, 0.5) is 0 Å². The number of nitrogens with zero attached hydrogens (tertiary/aromatic N) is 1. The highest BCUT2D eigenvalue weighted by Gasteiger charge is 2.51. The van der Waals surface area contributed by atoms with Crippen LogP contribution in [0.1, 0.15) is 47.0 Å². The average molecular weight is 241 g/mol. The quantitative estimate of drug-likeness (QED) is 0.722. The second-order valence-corrected chi connectivity index (χ2v) is 8.18. The third kappa shape index (κ3) is 2.28. The van der Waals surface area contributed by atoms with Crippen molar-refractivity contribution in [1.29, 1.82) is 0 Å². The lowest BCUT2D eigenvalue weighted by atomic mass is 9.54. The average Bonchev–Trinajstić information content (AvgIpc) is 2.57. The van der Waals surface area contributed by atoms with Crippen molar-refractivity contribution in [3.63, 3.8) is 0 Å². The van der Waals surface area contributed by atoms with E-state index < -0.39 is 0 Å². The molecule has 1 aliphatic carbocycles. The minimum Gasteiger partial charge on any atom is -0.291 e. The van der Waals surface area contributed by atoms with Crippen LogP contribution in [0.25, 0.3) is 0 Å². The summed E-state index contributed by atoms with van der Waals surface area (Å²) < 4.78 is 0. The van der Waals surface area contributed by atoms with Crippen molar-refractivity contribution in [2.45, 2.75) is 52.3 Å². The number of rotatable bonds is 2. The van der Waals surface area contributed by atoms with Gasteiger partial charge in [-0.2, -0.15) is 0 Å². The maximum absolute atomic E-state index is 2.68. The van der Waals surface area contributed by atoms with Crippen molar-refractivity contribution in [2.24, 2.45) is 16.7 Å². The summed E-state index contributed by atoms with van der Waals surface area (Å²) >= 11 is 1.99. The Hall–Kier alpha value is 0.310. The molecule has 2 rings (SSSR count). The van der Waals surface area contributed by atoms with Crippen molar-refractivity contribution in [3.05, 3.63) is 0 Å². The minimum absolute atomic E-state index is 0.532. The van der Waals surface area contributed by atoms with E-state index in [-0.39, 0.29) is 0 Å². The van der Waals surface area contributed by atoms with Gasteiger partial charge in [-0.3, -0.25) is 4.90 Å². The van der Waals surface area contributed by atoms with Crippen molar-refractivity contribution in [1.82, 2.24) is 4.90 Å². The first-order chi connectivity index (χ1) is 7.36. The first-order valence-electron chi connectivity index (χ1n) is 6.63. The molecule has 1 saturated heterocycles. The molecule has 0 N–H and O–H groups in total. The summed E-state index contributed by atoms with van der Waals surface area (Å²) in [6, 6.07) is 0. The van der Waals surface area contributed by atoms with E-state index in [0.717, 1.165) is 5.92 Å². The molecule has 2 heteroatoms. The maximum Gasteiger partial charge on any atom is 0.0526 e. The number of thioether (sulfide) groups is 1. The highest BCUT2D eigenvalue weighted by atomic mass is 32.2. The molecule has 1 aliphatic heterocycles. The Morgan fingerprint density at radius 1 is 1.31 bits per heavy atom. The summed E-state index contributed by atoms with van der Waals surface area (Å²) in [4.78, 5) is 2.68. The summed E-state index contributed by atoms with van der Waals surface area (Å²) in [6.07, 6.45) is 6.64. The van der Waals surface area contributed by atoms with Crippen LogP contribution in [0.15, 0.2) is 0 Å². The third-order valence-electron chi connectivity index (χ3n) is 4.91. The number of hydrogen-bond acceptors (Lipinski definition) is 2. The summed E-state index contributed by atoms with van der Waals surface area (Å²) in [5, 5.41) is 0.716. The summed E-state index contributed by atoms with van der Waals surface area (Å²) in [5.41, 5.74) is 1.24. The van der Waals surface area contributed by atoms with Gasteiger partial charge in [-0.05, 0) is 55.7 Å². The summed E-state index contributed by atoms with van der Waals surface area (Å²) in [5.74, 6) is 0.969. The summed E-state index contributed by atoms with van der Waals surface area (Å²) in [7, 11) is 0. The molecule has 94 valence electrons. The predicted molar refractivity (Wildman–Crippen MR) is 73.8 cm³/mol. The van der Waals surface area contributed by atoms with E-state index in [1.54, 1.807) is 0 Å². The zero-order chi connectivity index (χ0) is 12.0. The van der Waals surface area contributed by atoms with Crippen LogP contribution in [0.5, 0.6) is 0 Å². The van der Waals surface area contributed by atoms with Crippen LogP contribution in [-0.4, -0.2) is 29.6 Å². The van der Waals surface area contributed by atoms with Crippen molar-refractivity contribution < 1.29 is 0 Å². The zero-order valence-electron chi connectivity index (χ0n) is 11.5. The standard InChI is InChI=1S/C14H27NS/c1-11(16-5)15-7-6-14(10-15)8-12(9-14)13(2,3)4/h11-12H,6-10H2,1-5H3. The third-order valence-corrected chi connectivity index (χ3v) is 5.89. The van der Waals surface area contributed by atoms with Gasteiger partial charge in [-0.15, -0.1) is 11.8 Å². The van der Waals surface area contributed by atoms with E-state index in [2.05, 4.69) is 38.9 Å². The topological polar surface area (TPSA) is 3.24 Å². The van der Waals surface area contributed by atoms with Crippen molar-refractivity contribution >= 4 is 11.8 Å². The van der Waals surface area contributed by atoms with Gasteiger partial charge in [0.2, 0.25) is 0 Å². The van der Waals surface area contributed by atoms with Gasteiger partial charge in [0, 0.05) is 6.54 Å². The molecule has 2 aliphatic rings. The molecule has 1 saturated carbocycles. The SMILES string of the molecule is CSC(C)N1CCC2(CC(C(C)(C)C)C2)C1. The van der Waals surface area contributed by atoms with Gasteiger partial charge >= 0.3 is 0 Å². The monoisotopic (exact) mass is 241 g/mol. The number of likely N-dealkylation sites (tertiary alicyclic amines) is 1. The molecule has 2 fully saturated rings. The van der Waals surface area contributed by atoms with E-state index in [9.17, 15) is 0 Å². The van der Waals surface area contributed by atoms with Gasteiger partial charge in [0.1, 0.15) is 0 Å². The molecule has 1 nitrogen and oxygen atoms in total. The molecule has 0 aromatic carbocycles. The largest absolute Gasteiger partial charge is 0.291 e. The molecular formula is C14H27NS. The molecule has 1 unspecified atom stereocenters. The van der Waals surface area contributed by atoms with Crippen LogP contribution in [0.2, 0.25) is 0 Å². The fourth-order valence-electron chi connectivity index (χ4n) is 3.36. The summed E-state index contributed by atoms with van der Waals surface area (Å²) in [6.45, 7) is 12.3. The second kappa shape index (κ2) is 4.20. The van der Waals surface area contributed by atoms with Crippen LogP contribution >= 0.6 is 11.8 Å². The van der Waals surface area contributed by atoms with E-state index in [1.165, 1.54) is 32.4 Å². The lowest BCUT2D eigenvalue weighted by Gasteiger charge is -2.51. The van der Waals surface area contributed by atoms with Gasteiger partial charge in [-0.1, -0.05) is 20.8 Å². The molecule has 0 aromatic heterocycles. The lowest BCUT2D eigenvalue weighted by molar-refractivity contribution is -0.00611. The van der Waals surface area contributed by atoms with Gasteiger partial charge in [0.25, 0.3) is 0 Å². The van der Waals surface area contributed by atoms with E-state index >= 15 is 0 Å². The Kier molecular flexibility index (Phi) is 3.35. The van der Waals surface area contributed by atoms with Crippen LogP contribution in [0.3, 0.4) is 0 Å². The molecule has 0 aromatic rings. The predicted octanol–water partition coefficient (Wildman–Crippen LogP) is 3.84. The maximum atomic E-state index is 2.68. The van der Waals surface area contributed by atoms with Gasteiger partial charge in [0.05, 0.1) is 5.37 Å². The van der Waals surface area contributed by atoms with E-state index in [1.807, 2.05) is 11.8 Å². The molecule has 1 atom stereocenters. The Morgan fingerprint density at radius 3 is 2.44 bits per heavy atom. The molecule has 16 heavy (non-hydrogen) atoms. The second-order valence-electron chi connectivity index (χ2n) is 7.03. The normalized spacial score (nSPS) is 37.7. The van der Waals surface area contributed by atoms with Crippen molar-refractivity contribution in [3.8, 4) is 0 Å². The first kappa shape index (κ1) is 12.8. The molecule has 0 amide bonds. The fraction of sp³-hybridized carbons (Fsp3) is 1.00. The van der Waals surface area contributed by atoms with E-state index in [0.29, 0.717) is 16.2 Å². The highest BCUT2D eigenvalue weighted by Crippen LogP contribution is 2.57. The minimum atomic E-state index is 0.532. The van der Waals surface area contributed by atoms with Crippen molar-refractivity contribution in [2.75, 3.05) is 19.3 Å². The molecule has 1 heterocycles. The Morgan fingerprint density at radius 2 is 1.94 bits per heavy atom. The van der Waals surface area contributed by atoms with Crippen LogP contribution < -0.4 is 0 Å². The Labute approximate surface area is 105 Å². The molecule has 1 spiro atoms. The molecular weight excluding hydrogens is 214 g/mol. The molecule has 0 radical (unpaired) electrons. The lowest BCUT2D eigenvalue weighted by Crippen LogP contribution is -2.45. The van der Waals surface area contributed by atoms with Gasteiger partial charge in [-0.25, -0.2) is 0 Å². The Balaban J connectivity index is 1.87. The van der Waals surface area contributed by atoms with Crippen LogP contribution in [0, 0.1) is 16.7 Å². The number of hydrogen-bond donors (Lipinski definition) is 0.